The predicted octanol–water partition coefficient (Wildman–Crippen LogP) is 3.07. The lowest BCUT2D eigenvalue weighted by atomic mass is 9.85. The second-order valence-electron chi connectivity index (χ2n) is 7.38. The molecule has 0 radical (unpaired) electrons. The molecule has 168 valence electrons. The Balaban J connectivity index is 2.00. The number of carbonyl (C=O) groups excluding carboxylic acids is 2. The summed E-state index contributed by atoms with van der Waals surface area (Å²) in [4.78, 5) is 44.6. The topological polar surface area (TPSA) is 134 Å². The third kappa shape index (κ3) is 5.53. The van der Waals surface area contributed by atoms with Crippen LogP contribution in [-0.4, -0.2) is 35.1 Å². The van der Waals surface area contributed by atoms with Crippen LogP contribution in [0.3, 0.4) is 0 Å². The molecule has 1 aliphatic heterocycles. The normalized spacial score (nSPS) is 21.5. The van der Waals surface area contributed by atoms with Gasteiger partial charge in [-0.05, 0) is 50.4 Å². The number of hydrogen-bond acceptors (Lipinski definition) is 8. The van der Waals surface area contributed by atoms with Gasteiger partial charge in [-0.25, -0.2) is 0 Å². The van der Waals surface area contributed by atoms with Crippen molar-refractivity contribution in [1.82, 2.24) is 5.32 Å². The summed E-state index contributed by atoms with van der Waals surface area (Å²) in [6.07, 6.45) is -0.949. The maximum absolute atomic E-state index is 12.9. The Hall–Kier alpha value is -1.78. The molecule has 12 heteroatoms. The highest BCUT2D eigenvalue weighted by Crippen LogP contribution is 2.43. The Kier molecular flexibility index (Phi) is 6.93. The summed E-state index contributed by atoms with van der Waals surface area (Å²) < 4.78 is 27.1. The van der Waals surface area contributed by atoms with Gasteiger partial charge in [0.15, 0.2) is 12.6 Å². The van der Waals surface area contributed by atoms with Crippen molar-refractivity contribution in [3.8, 4) is 5.75 Å². The number of fused-ring (bicyclic) bond motifs is 1. The first-order valence-electron chi connectivity index (χ1n) is 9.07. The van der Waals surface area contributed by atoms with Crippen LogP contribution in [0.4, 0.5) is 0 Å². The van der Waals surface area contributed by atoms with Crippen molar-refractivity contribution in [3.63, 3.8) is 0 Å². The fourth-order valence-electron chi connectivity index (χ4n) is 3.30. The molecule has 2 heterocycles. The zero-order valence-corrected chi connectivity index (χ0v) is 19.3. The van der Waals surface area contributed by atoms with E-state index in [1.807, 2.05) is 0 Å². The molecule has 1 amide bonds. The van der Waals surface area contributed by atoms with Crippen molar-refractivity contribution < 1.29 is 37.9 Å². The molecular weight excluding hydrogens is 469 g/mol. The molecular formula is C19H20ClNO8PS-. The van der Waals surface area contributed by atoms with E-state index >= 15 is 0 Å². The minimum atomic E-state index is -5.02. The molecule has 1 aromatic carbocycles. The molecule has 0 fully saturated rings. The van der Waals surface area contributed by atoms with Crippen molar-refractivity contribution in [2.45, 2.75) is 38.5 Å². The van der Waals surface area contributed by atoms with Crippen molar-refractivity contribution in [2.75, 3.05) is 6.79 Å². The number of ether oxygens (including phenoxy) is 2. The summed E-state index contributed by atoms with van der Waals surface area (Å²) in [6, 6.07) is 5.52. The van der Waals surface area contributed by atoms with Gasteiger partial charge in [0.1, 0.15) is 21.8 Å². The molecule has 2 N–H and O–H groups in total. The molecule has 1 aromatic heterocycles. The highest BCUT2D eigenvalue weighted by molar-refractivity contribution is 7.44. The van der Waals surface area contributed by atoms with Gasteiger partial charge in [-0.1, -0.05) is 11.6 Å². The lowest BCUT2D eigenvalue weighted by molar-refractivity contribution is -0.234. The van der Waals surface area contributed by atoms with E-state index in [1.165, 1.54) is 18.3 Å². The number of phosphoric ester groups is 1. The number of benzene rings is 1. The number of nitrogens with one attached hydrogen (secondary N) is 1. The molecule has 0 bridgehead atoms. The van der Waals surface area contributed by atoms with E-state index in [2.05, 4.69) is 9.84 Å². The highest BCUT2D eigenvalue weighted by atomic mass is 35.5. The van der Waals surface area contributed by atoms with Gasteiger partial charge in [-0.15, -0.1) is 11.3 Å². The van der Waals surface area contributed by atoms with Gasteiger partial charge in [0, 0.05) is 11.1 Å². The van der Waals surface area contributed by atoms with Crippen molar-refractivity contribution in [2.24, 2.45) is 0 Å². The lowest BCUT2D eigenvalue weighted by Crippen LogP contribution is -2.55. The van der Waals surface area contributed by atoms with Gasteiger partial charge < -0.3 is 24.6 Å². The van der Waals surface area contributed by atoms with Gasteiger partial charge in [-0.2, -0.15) is 0 Å². The van der Waals surface area contributed by atoms with Crippen LogP contribution in [0.2, 0.25) is 4.34 Å². The third-order valence-electron chi connectivity index (χ3n) is 4.72. The summed E-state index contributed by atoms with van der Waals surface area (Å²) in [5, 5.41) is 4.51. The van der Waals surface area contributed by atoms with E-state index in [0.29, 0.717) is 21.2 Å². The molecule has 0 saturated heterocycles. The van der Waals surface area contributed by atoms with E-state index in [9.17, 15) is 19.0 Å². The molecule has 1 aliphatic rings. The van der Waals surface area contributed by atoms with Gasteiger partial charge in [0.2, 0.25) is 0 Å². The second kappa shape index (κ2) is 8.99. The number of halogens is 1. The summed E-state index contributed by atoms with van der Waals surface area (Å²) in [6.45, 7) is 3.98. The summed E-state index contributed by atoms with van der Waals surface area (Å²) in [7, 11) is -5.02. The first-order valence-corrected chi connectivity index (χ1v) is 11.8. The Morgan fingerprint density at radius 3 is 2.68 bits per heavy atom. The lowest BCUT2D eigenvalue weighted by Gasteiger charge is -2.44. The van der Waals surface area contributed by atoms with E-state index < -0.39 is 38.3 Å². The zero-order chi connectivity index (χ0) is 23.0. The number of rotatable bonds is 7. The summed E-state index contributed by atoms with van der Waals surface area (Å²) in [5.41, 5.74) is 0.0669. The smallest absolute Gasteiger partial charge is 0.267 e. The van der Waals surface area contributed by atoms with Crippen LogP contribution in [0.5, 0.6) is 5.75 Å². The van der Waals surface area contributed by atoms with E-state index in [1.54, 1.807) is 43.5 Å². The Morgan fingerprint density at radius 2 is 2.10 bits per heavy atom. The number of ketones is 1. The van der Waals surface area contributed by atoms with Crippen LogP contribution in [-0.2, 0) is 13.8 Å². The quantitative estimate of drug-likeness (QED) is 0.345. The minimum Gasteiger partial charge on any atom is -0.756 e. The molecule has 2 aromatic rings. The first kappa shape index (κ1) is 23.9. The predicted molar refractivity (Wildman–Crippen MR) is 111 cm³/mol. The fourth-order valence-corrected chi connectivity index (χ4v) is 4.41. The van der Waals surface area contributed by atoms with Crippen LogP contribution in [0, 0.1) is 0 Å². The molecule has 9 nitrogen and oxygen atoms in total. The SMILES string of the molecule is CC(=O)c1ccc2c(c1)[C@H](NC(=O)c1ccsc1Cl)[C@@H](OCOP(=O)([O-])O)C(C)(C)O2. The van der Waals surface area contributed by atoms with Crippen LogP contribution in [0.15, 0.2) is 29.6 Å². The standard InChI is InChI=1S/C19H21ClNO8PS/c1-10(22)11-4-5-14-13(8-11)15(21-18(23)12-6-7-31-17(12)20)16(19(2,3)29-14)27-9-28-30(24,25)26/h4-8,15-16H,9H2,1-3H3,(H,21,23)(H2,24,25,26)/p-1/t15-,16+/m0/s1. The summed E-state index contributed by atoms with van der Waals surface area (Å²) in [5.74, 6) is -0.250. The van der Waals surface area contributed by atoms with Crippen LogP contribution in [0.25, 0.3) is 0 Å². The van der Waals surface area contributed by atoms with Gasteiger partial charge >= 0.3 is 0 Å². The number of phosphoric acid groups is 1. The van der Waals surface area contributed by atoms with Crippen molar-refractivity contribution in [1.29, 1.82) is 0 Å². The molecule has 3 rings (SSSR count). The van der Waals surface area contributed by atoms with Crippen molar-refractivity contribution in [3.05, 3.63) is 50.7 Å². The Labute approximate surface area is 187 Å². The highest BCUT2D eigenvalue weighted by Gasteiger charge is 2.46. The number of Topliss-reactive ketones (excluding diaryl/α,β-unsaturated/α-hetero) is 1. The average molecular weight is 489 g/mol. The molecule has 1 unspecified atom stereocenters. The van der Waals surface area contributed by atoms with Gasteiger partial charge in [-0.3, -0.25) is 18.7 Å². The molecule has 0 aliphatic carbocycles. The van der Waals surface area contributed by atoms with Gasteiger partial charge in [0.05, 0.1) is 11.6 Å². The van der Waals surface area contributed by atoms with Crippen LogP contribution >= 0.6 is 30.8 Å². The molecule has 31 heavy (non-hydrogen) atoms. The zero-order valence-electron chi connectivity index (χ0n) is 16.8. The number of amides is 1. The van der Waals surface area contributed by atoms with E-state index in [0.717, 1.165) is 0 Å². The summed E-state index contributed by atoms with van der Waals surface area (Å²) >= 11 is 7.28. The van der Waals surface area contributed by atoms with Gasteiger partial charge in [0.25, 0.3) is 13.7 Å². The van der Waals surface area contributed by atoms with E-state index in [-0.39, 0.29) is 11.3 Å². The Bertz CT molecular complexity index is 1050. The molecule has 0 saturated carbocycles. The fraction of sp³-hybridized carbons (Fsp3) is 0.368. The number of thiophene rings is 1. The van der Waals surface area contributed by atoms with E-state index in [4.69, 9.17) is 26.0 Å². The molecule has 3 atom stereocenters. The third-order valence-corrected chi connectivity index (χ3v) is 6.33. The van der Waals surface area contributed by atoms with Crippen LogP contribution in [0.1, 0.15) is 53.1 Å². The number of hydrogen-bond donors (Lipinski definition) is 2. The maximum Gasteiger partial charge on any atom is 0.267 e. The average Bonchev–Trinajstić information content (AvgIpc) is 3.08. The largest absolute Gasteiger partial charge is 0.756 e. The monoisotopic (exact) mass is 488 g/mol. The van der Waals surface area contributed by atoms with Crippen molar-refractivity contribution >= 4 is 42.5 Å². The second-order valence-corrected chi connectivity index (χ2v) is 10.1. The number of carbonyl (C=O) groups is 2. The molecule has 0 spiro atoms. The minimum absolute atomic E-state index is 0.188. The maximum atomic E-state index is 12.9. The first-order chi connectivity index (χ1) is 14.4. The van der Waals surface area contributed by atoms with Crippen LogP contribution < -0.4 is 14.9 Å². The Morgan fingerprint density at radius 1 is 1.39 bits per heavy atom.